The maximum atomic E-state index is 9.63. The van der Waals surface area contributed by atoms with Gasteiger partial charge in [0.2, 0.25) is 11.8 Å². The average molecular weight is 141 g/mol. The van der Waals surface area contributed by atoms with E-state index in [0.717, 1.165) is 0 Å². The molecule has 0 aromatic rings. The van der Waals surface area contributed by atoms with Gasteiger partial charge in [-0.3, -0.25) is 0 Å². The van der Waals surface area contributed by atoms with E-state index in [1.165, 1.54) is 7.11 Å². The standard InChI is InChI=1S/CH3O2P2S/c1-3-5(6)4-2/h1H3/q+1. The van der Waals surface area contributed by atoms with Crippen LogP contribution in [0.15, 0.2) is 0 Å². The third kappa shape index (κ3) is 2.80. The minimum absolute atomic E-state index is 0.0644. The molecule has 0 aliphatic carbocycles. The molecule has 0 saturated heterocycles. The molecule has 0 bridgehead atoms. The summed E-state index contributed by atoms with van der Waals surface area (Å²) >= 11 is 4.46. The second-order valence-electron chi connectivity index (χ2n) is 0.502. The molecule has 1 atom stereocenters. The van der Waals surface area contributed by atoms with Crippen molar-refractivity contribution in [2.45, 2.75) is 0 Å². The van der Waals surface area contributed by atoms with Crippen LogP contribution in [-0.4, -0.2) is 7.11 Å². The number of rotatable bonds is 2. The molecule has 34 valence electrons. The summed E-state index contributed by atoms with van der Waals surface area (Å²) in [6.45, 7) is -1.08. The van der Waals surface area contributed by atoms with Crippen molar-refractivity contribution in [3.8, 4) is 0 Å². The Kier molecular flexibility index (Phi) is 4.12. The molecule has 0 amide bonds. The van der Waals surface area contributed by atoms with E-state index in [-0.39, 0.29) is 8.15 Å². The highest BCUT2D eigenvalue weighted by Gasteiger charge is 2.04. The van der Waals surface area contributed by atoms with Crippen molar-refractivity contribution in [2.75, 3.05) is 7.11 Å². The second kappa shape index (κ2) is 3.76. The van der Waals surface area contributed by atoms with E-state index in [2.05, 4.69) is 16.3 Å². The molecule has 0 radical (unpaired) electrons. The van der Waals surface area contributed by atoms with E-state index < -0.39 is 6.61 Å². The molecule has 0 fully saturated rings. The predicted molar refractivity (Wildman–Crippen MR) is 28.9 cm³/mol. The van der Waals surface area contributed by atoms with Crippen molar-refractivity contribution in [2.24, 2.45) is 0 Å². The van der Waals surface area contributed by atoms with E-state index in [1.807, 2.05) is 0 Å². The van der Waals surface area contributed by atoms with Gasteiger partial charge in [0.25, 0.3) is 0 Å². The average Bonchev–Trinajstić information content (AvgIpc) is 1.65. The number of hydrogen-bond donors (Lipinski definition) is 0. The second-order valence-corrected chi connectivity index (χ2v) is 4.89. The topological polar surface area (TPSA) is 26.3 Å². The van der Waals surface area contributed by atoms with Crippen molar-refractivity contribution in [3.63, 3.8) is 0 Å². The Bertz CT molecular complexity index is 71.9. The molecule has 0 heterocycles. The fraction of sp³-hybridized carbons (Fsp3) is 1.00. The quantitative estimate of drug-likeness (QED) is 0.547. The zero-order valence-electron chi connectivity index (χ0n) is 3.12. The molecule has 0 saturated carbocycles. The van der Waals surface area contributed by atoms with Crippen LogP contribution in [0.2, 0.25) is 0 Å². The minimum Gasteiger partial charge on any atom is -0.213 e. The lowest BCUT2D eigenvalue weighted by Crippen LogP contribution is -1.50. The fourth-order valence-electron chi connectivity index (χ4n) is 0.0333. The van der Waals surface area contributed by atoms with E-state index in [1.54, 1.807) is 0 Å². The Morgan fingerprint density at radius 1 is 2.00 bits per heavy atom. The summed E-state index contributed by atoms with van der Waals surface area (Å²) in [5.41, 5.74) is 0. The predicted octanol–water partition coefficient (Wildman–Crippen LogP) is 1.70. The Labute approximate surface area is 43.5 Å². The Hall–Kier alpha value is 0.580. The van der Waals surface area contributed by atoms with Gasteiger partial charge in [-0.05, 0) is 0 Å². The van der Waals surface area contributed by atoms with Crippen LogP contribution in [0.4, 0.5) is 0 Å². The molecular weight excluding hydrogens is 138 g/mol. The highest BCUT2D eigenvalue weighted by atomic mass is 32.6. The molecule has 0 N–H and O–H groups in total. The van der Waals surface area contributed by atoms with Crippen LogP contribution in [0.1, 0.15) is 0 Å². The van der Waals surface area contributed by atoms with Crippen LogP contribution in [-0.2, 0) is 20.9 Å². The Morgan fingerprint density at radius 3 is 2.50 bits per heavy atom. The van der Waals surface area contributed by atoms with Gasteiger partial charge in [-0.25, -0.2) is 4.57 Å². The molecule has 0 aliphatic rings. The molecular formula is CH3O2P2S+. The molecule has 2 nitrogen and oxygen atoms in total. The number of hydrogen-bond acceptors (Lipinski definition) is 3. The van der Waals surface area contributed by atoms with Crippen LogP contribution in [0.25, 0.3) is 0 Å². The van der Waals surface area contributed by atoms with Crippen LogP contribution >= 0.6 is 14.8 Å². The lowest BCUT2D eigenvalue weighted by molar-refractivity contribution is 0.481. The van der Waals surface area contributed by atoms with Crippen molar-refractivity contribution in [1.82, 2.24) is 0 Å². The van der Waals surface area contributed by atoms with Gasteiger partial charge < -0.3 is 0 Å². The van der Waals surface area contributed by atoms with Crippen molar-refractivity contribution >= 4 is 26.6 Å². The largest absolute Gasteiger partial charge is 0.462 e. The molecule has 1 unspecified atom stereocenters. The summed E-state index contributed by atoms with van der Waals surface area (Å²) in [4.78, 5) is 0. The van der Waals surface area contributed by atoms with E-state index >= 15 is 0 Å². The Morgan fingerprint density at radius 2 is 2.50 bits per heavy atom. The maximum absolute atomic E-state index is 9.63. The van der Waals surface area contributed by atoms with Gasteiger partial charge in [0.05, 0.1) is 7.11 Å². The zero-order valence-corrected chi connectivity index (χ0v) is 5.72. The highest BCUT2D eigenvalue weighted by molar-refractivity contribution is 8.33. The SMILES string of the molecule is CO[P+](=S)P=O. The summed E-state index contributed by atoms with van der Waals surface area (Å²) in [6, 6.07) is 0. The molecule has 0 aromatic carbocycles. The highest BCUT2D eigenvalue weighted by Crippen LogP contribution is 2.35. The normalized spacial score (nSPS) is 11.8. The van der Waals surface area contributed by atoms with Crippen LogP contribution in [0, 0.1) is 0 Å². The third-order valence-electron chi connectivity index (χ3n) is 0.223. The van der Waals surface area contributed by atoms with E-state index in [4.69, 9.17) is 0 Å². The summed E-state index contributed by atoms with van der Waals surface area (Å²) in [5, 5.41) is 0. The first-order chi connectivity index (χ1) is 2.81. The third-order valence-corrected chi connectivity index (χ3v) is 2.61. The first-order valence-electron chi connectivity index (χ1n) is 1.16. The lowest BCUT2D eigenvalue weighted by Gasteiger charge is -1.60. The van der Waals surface area contributed by atoms with Gasteiger partial charge in [0, 0.05) is 0 Å². The van der Waals surface area contributed by atoms with Gasteiger partial charge in [0.1, 0.15) is 0 Å². The molecule has 0 rings (SSSR count). The van der Waals surface area contributed by atoms with Gasteiger partial charge in [-0.15, -0.1) is 0 Å². The molecule has 5 heteroatoms. The van der Waals surface area contributed by atoms with E-state index in [0.29, 0.717) is 0 Å². The summed E-state index contributed by atoms with van der Waals surface area (Å²) in [6.07, 6.45) is 0. The first kappa shape index (κ1) is 6.58. The van der Waals surface area contributed by atoms with Crippen LogP contribution in [0.3, 0.4) is 0 Å². The minimum atomic E-state index is -1.08. The fourth-order valence-corrected chi connectivity index (χ4v) is 0.300. The van der Waals surface area contributed by atoms with Crippen molar-refractivity contribution < 1.29 is 9.09 Å². The van der Waals surface area contributed by atoms with Gasteiger partial charge in [0.15, 0.2) is 0 Å². The monoisotopic (exact) mass is 141 g/mol. The van der Waals surface area contributed by atoms with Crippen LogP contribution in [0.5, 0.6) is 0 Å². The van der Waals surface area contributed by atoms with Crippen molar-refractivity contribution in [3.05, 3.63) is 0 Å². The molecule has 0 aromatic heterocycles. The van der Waals surface area contributed by atoms with Gasteiger partial charge >= 0.3 is 14.8 Å². The van der Waals surface area contributed by atoms with Gasteiger partial charge in [-0.1, -0.05) is 0 Å². The van der Waals surface area contributed by atoms with E-state index in [9.17, 15) is 4.57 Å². The van der Waals surface area contributed by atoms with Gasteiger partial charge in [-0.2, -0.15) is 4.52 Å². The lowest BCUT2D eigenvalue weighted by atomic mass is 11.8. The molecule has 0 spiro atoms. The van der Waals surface area contributed by atoms with Crippen LogP contribution < -0.4 is 0 Å². The summed E-state index contributed by atoms with van der Waals surface area (Å²) in [7, 11) is 1.38. The first-order valence-corrected chi connectivity index (χ1v) is 4.95. The van der Waals surface area contributed by atoms with Crippen molar-refractivity contribution in [1.29, 1.82) is 0 Å². The summed E-state index contributed by atoms with van der Waals surface area (Å²) < 4.78 is 14.1. The Balaban J connectivity index is 3.23. The molecule has 6 heavy (non-hydrogen) atoms. The summed E-state index contributed by atoms with van der Waals surface area (Å²) in [5.74, 6) is 0. The zero-order chi connectivity index (χ0) is 4.99. The molecule has 0 aliphatic heterocycles. The maximum Gasteiger partial charge on any atom is 0.462 e. The smallest absolute Gasteiger partial charge is 0.213 e.